The average molecular weight is 1050 g/mol. The van der Waals surface area contributed by atoms with Gasteiger partial charge in [0, 0.05) is 78.0 Å². The summed E-state index contributed by atoms with van der Waals surface area (Å²) < 4.78 is 33.4. The molecule has 10 nitrogen and oxygen atoms in total. The lowest BCUT2D eigenvalue weighted by molar-refractivity contribution is 0.585. The predicted octanol–water partition coefficient (Wildman–Crippen LogP) is 16.3. The van der Waals surface area contributed by atoms with Gasteiger partial charge in [-0.2, -0.15) is 0 Å². The van der Waals surface area contributed by atoms with Crippen LogP contribution in [0.15, 0.2) is 255 Å². The molecule has 0 aliphatic carbocycles. The van der Waals surface area contributed by atoms with Gasteiger partial charge in [-0.15, -0.1) is 0 Å². The Balaban J connectivity index is 1.04. The van der Waals surface area contributed by atoms with Gasteiger partial charge in [0.05, 0.1) is 16.7 Å². The summed E-state index contributed by atoms with van der Waals surface area (Å²) in [6.45, 7) is 0. The monoisotopic (exact) mass is 1050 g/mol. The van der Waals surface area contributed by atoms with E-state index in [-0.39, 0.29) is 5.56 Å². The second-order valence-electron chi connectivity index (χ2n) is 19.3. The van der Waals surface area contributed by atoms with Gasteiger partial charge >= 0.3 is 0 Å². The lowest BCUT2D eigenvalue weighted by atomic mass is 9.99. The molecule has 81 heavy (non-hydrogen) atoms. The van der Waals surface area contributed by atoms with Crippen molar-refractivity contribution in [2.75, 3.05) is 0 Å². The smallest absolute Gasteiger partial charge is 0.164 e. The average Bonchev–Trinajstić information content (AvgIpc) is 4.05. The number of hydrogen-bond acceptors (Lipinski definition) is 9. The topological polar surface area (TPSA) is 121 Å². The van der Waals surface area contributed by atoms with Crippen molar-refractivity contribution < 1.29 is 8.78 Å². The maximum absolute atomic E-state index is 16.5. The summed E-state index contributed by atoms with van der Waals surface area (Å²) in [6.07, 6.45) is 0. The number of rotatable bonds is 11. The Morgan fingerprint density at radius 2 is 0.506 bits per heavy atom. The molecule has 14 aromatic rings. The zero-order valence-corrected chi connectivity index (χ0v) is 43.0. The van der Waals surface area contributed by atoms with Crippen molar-refractivity contribution in [1.82, 2.24) is 49.4 Å². The van der Waals surface area contributed by atoms with Crippen molar-refractivity contribution in [3.05, 3.63) is 266 Å². The number of fused-ring (bicyclic) bond motifs is 3. The summed E-state index contributed by atoms with van der Waals surface area (Å²) in [7, 11) is 0. The third-order valence-corrected chi connectivity index (χ3v) is 14.1. The van der Waals surface area contributed by atoms with Crippen molar-refractivity contribution in [2.45, 2.75) is 0 Å². The number of halogens is 2. The highest BCUT2D eigenvalue weighted by molar-refractivity contribution is 6.12. The molecule has 4 heterocycles. The van der Waals surface area contributed by atoms with E-state index in [1.807, 2.05) is 224 Å². The highest BCUT2D eigenvalue weighted by Crippen LogP contribution is 2.42. The van der Waals surface area contributed by atoms with Crippen LogP contribution in [0.4, 0.5) is 8.78 Å². The fraction of sp³-hybridized carbons (Fsp3) is 0. The van der Waals surface area contributed by atoms with E-state index in [9.17, 15) is 4.39 Å². The Kier molecular flexibility index (Phi) is 12.3. The first-order chi connectivity index (χ1) is 39.9. The van der Waals surface area contributed by atoms with Crippen LogP contribution in [0.3, 0.4) is 0 Å². The third-order valence-electron chi connectivity index (χ3n) is 14.1. The SMILES string of the molecule is Fc1ccc(-c2ccc(-c3nc(-c4ccccc4)nc(-c4ccccc4)n3)cc2-n2c3ccc(-c4nc(-c5ccccc5)nc(-c5ccccc5)n4)cc3c3cc(-c4nc(-c5ccccc5)nc(-c5ccccc5)n4)ccc32)c(F)c1. The van der Waals surface area contributed by atoms with Gasteiger partial charge in [0.2, 0.25) is 0 Å². The van der Waals surface area contributed by atoms with Crippen molar-refractivity contribution >= 4 is 21.8 Å². The van der Waals surface area contributed by atoms with Crippen LogP contribution in [-0.2, 0) is 0 Å². The minimum absolute atomic E-state index is 0.200. The molecule has 0 N–H and O–H groups in total. The normalized spacial score (nSPS) is 11.3. The highest BCUT2D eigenvalue weighted by atomic mass is 19.1. The first kappa shape index (κ1) is 48.3. The summed E-state index contributed by atoms with van der Waals surface area (Å²) >= 11 is 0. The van der Waals surface area contributed by atoms with Crippen molar-refractivity contribution in [2.24, 2.45) is 0 Å². The molecule has 10 aromatic carbocycles. The number of benzene rings is 10. The Bertz CT molecular complexity index is 4290. The van der Waals surface area contributed by atoms with E-state index in [1.165, 1.54) is 12.1 Å². The van der Waals surface area contributed by atoms with Crippen LogP contribution in [0.2, 0.25) is 0 Å². The van der Waals surface area contributed by atoms with Crippen LogP contribution < -0.4 is 0 Å². The minimum atomic E-state index is -0.719. The summed E-state index contributed by atoms with van der Waals surface area (Å²) in [5, 5.41) is 1.64. The quantitative estimate of drug-likeness (QED) is 0.125. The molecule has 0 aliphatic heterocycles. The van der Waals surface area contributed by atoms with Crippen LogP contribution in [0, 0.1) is 11.6 Å². The van der Waals surface area contributed by atoms with Crippen molar-refractivity contribution in [3.63, 3.8) is 0 Å². The van der Waals surface area contributed by atoms with E-state index in [2.05, 4.69) is 16.7 Å². The summed E-state index contributed by atoms with van der Waals surface area (Å²) in [4.78, 5) is 45.6. The van der Waals surface area contributed by atoms with Crippen LogP contribution in [-0.4, -0.2) is 49.4 Å². The number of nitrogens with zero attached hydrogens (tertiary/aromatic N) is 10. The largest absolute Gasteiger partial charge is 0.309 e. The number of hydrogen-bond donors (Lipinski definition) is 0. The molecule has 0 saturated carbocycles. The fourth-order valence-electron chi connectivity index (χ4n) is 10.2. The maximum atomic E-state index is 16.5. The minimum Gasteiger partial charge on any atom is -0.309 e. The predicted molar refractivity (Wildman–Crippen MR) is 315 cm³/mol. The van der Waals surface area contributed by atoms with E-state index in [0.717, 1.165) is 72.4 Å². The summed E-state index contributed by atoms with van der Waals surface area (Å²) in [5.74, 6) is 2.99. The molecule has 0 saturated heterocycles. The van der Waals surface area contributed by atoms with E-state index in [0.29, 0.717) is 69.2 Å². The van der Waals surface area contributed by atoms with Gasteiger partial charge in [0.15, 0.2) is 52.4 Å². The zero-order chi connectivity index (χ0) is 54.2. The zero-order valence-electron chi connectivity index (χ0n) is 43.0. The first-order valence-electron chi connectivity index (χ1n) is 26.2. The van der Waals surface area contributed by atoms with Gasteiger partial charge in [0.25, 0.3) is 0 Å². The molecule has 14 rings (SSSR count). The molecule has 0 fully saturated rings. The van der Waals surface area contributed by atoms with Crippen LogP contribution in [0.1, 0.15) is 0 Å². The Labute approximate surface area is 463 Å². The molecule has 0 atom stereocenters. The molecule has 382 valence electrons. The molecular formula is C69H42F2N10. The molecule has 12 heteroatoms. The van der Waals surface area contributed by atoms with Crippen LogP contribution in [0.5, 0.6) is 0 Å². The fourth-order valence-corrected chi connectivity index (χ4v) is 10.2. The second kappa shape index (κ2) is 20.7. The van der Waals surface area contributed by atoms with Gasteiger partial charge in [-0.05, 0) is 54.6 Å². The summed E-state index contributed by atoms with van der Waals surface area (Å²) in [5.41, 5.74) is 9.89. The van der Waals surface area contributed by atoms with Crippen LogP contribution >= 0.6 is 0 Å². The Hall–Kier alpha value is -11.1. The first-order valence-corrected chi connectivity index (χ1v) is 26.2. The van der Waals surface area contributed by atoms with Gasteiger partial charge in [-0.25, -0.2) is 53.6 Å². The van der Waals surface area contributed by atoms with Gasteiger partial charge in [0.1, 0.15) is 11.6 Å². The second-order valence-corrected chi connectivity index (χ2v) is 19.3. The van der Waals surface area contributed by atoms with E-state index in [1.54, 1.807) is 0 Å². The van der Waals surface area contributed by atoms with E-state index >= 15 is 4.39 Å². The Morgan fingerprint density at radius 3 is 0.815 bits per heavy atom. The van der Waals surface area contributed by atoms with Gasteiger partial charge < -0.3 is 4.57 Å². The standard InChI is InChI=1S/C69H42F2N10/c70-52-34-36-53(57(71)42-52)54-35-31-51(69-79-65(47-27-15-5-16-28-47)74-66(80-69)48-29-17-6-18-30-48)41-60(54)81-58-37-32-49(67-75-61(43-19-7-1-8-20-43)72-62(76-67)44-21-9-2-10-22-44)39-55(58)56-40-50(33-38-59(56)81)68-77-63(45-23-11-3-12-24-45)73-64(78-68)46-25-13-4-14-26-46/h1-42H. The van der Waals surface area contributed by atoms with Crippen LogP contribution in [0.25, 0.3) is 141 Å². The third kappa shape index (κ3) is 9.42. The molecule has 0 spiro atoms. The Morgan fingerprint density at radius 1 is 0.235 bits per heavy atom. The van der Waals surface area contributed by atoms with Crippen molar-refractivity contribution in [3.8, 4) is 119 Å². The molecule has 0 aliphatic rings. The summed E-state index contributed by atoms with van der Waals surface area (Å²) in [6, 6.07) is 80.5. The molecule has 0 amide bonds. The molecule has 0 unspecified atom stereocenters. The van der Waals surface area contributed by atoms with E-state index in [4.69, 9.17) is 44.9 Å². The molecule has 0 bridgehead atoms. The lowest BCUT2D eigenvalue weighted by Gasteiger charge is -2.17. The molecule has 0 radical (unpaired) electrons. The molecule has 4 aromatic heterocycles. The van der Waals surface area contributed by atoms with Crippen molar-refractivity contribution in [1.29, 1.82) is 0 Å². The lowest BCUT2D eigenvalue weighted by Crippen LogP contribution is -2.03. The molecular weight excluding hydrogens is 1010 g/mol. The van der Waals surface area contributed by atoms with E-state index < -0.39 is 11.6 Å². The highest BCUT2D eigenvalue weighted by Gasteiger charge is 2.24. The number of aromatic nitrogens is 10. The van der Waals surface area contributed by atoms with Gasteiger partial charge in [-0.3, -0.25) is 0 Å². The maximum Gasteiger partial charge on any atom is 0.164 e. The van der Waals surface area contributed by atoms with Gasteiger partial charge in [-0.1, -0.05) is 194 Å².